The number of fused-ring (bicyclic) bond motifs is 1. The molecule has 3 aliphatic rings. The van der Waals surface area contributed by atoms with Gasteiger partial charge in [0, 0.05) is 40.4 Å². The lowest BCUT2D eigenvalue weighted by Gasteiger charge is -2.38. The number of carbonyl (C=O) groups is 1. The molecular weight excluding hydrogens is 500 g/mol. The summed E-state index contributed by atoms with van der Waals surface area (Å²) in [7, 11) is 3.26. The Kier molecular flexibility index (Phi) is 6.37. The molecule has 3 heterocycles. The van der Waals surface area contributed by atoms with Gasteiger partial charge in [0.25, 0.3) is 0 Å². The van der Waals surface area contributed by atoms with Crippen molar-refractivity contribution in [1.82, 2.24) is 15.0 Å². The molecule has 9 nitrogen and oxygen atoms in total. The van der Waals surface area contributed by atoms with Crippen LogP contribution in [-0.2, 0) is 13.1 Å². The van der Waals surface area contributed by atoms with Gasteiger partial charge in [-0.25, -0.2) is 14.8 Å². The Bertz CT molecular complexity index is 1330. The minimum Gasteiger partial charge on any atom is -0.496 e. The molecule has 2 aliphatic carbocycles. The first-order chi connectivity index (χ1) is 18.4. The van der Waals surface area contributed by atoms with Crippen molar-refractivity contribution in [3.05, 3.63) is 45.5 Å². The summed E-state index contributed by atoms with van der Waals surface area (Å²) in [6, 6.07) is 2.10. The summed E-state index contributed by atoms with van der Waals surface area (Å²) in [5.41, 5.74) is 6.44. The fourth-order valence-corrected chi connectivity index (χ4v) is 6.76. The second-order valence-corrected chi connectivity index (χ2v) is 11.4. The highest BCUT2D eigenvalue weighted by molar-refractivity contribution is 7.07. The highest BCUT2D eigenvalue weighted by atomic mass is 32.1. The van der Waals surface area contributed by atoms with E-state index in [2.05, 4.69) is 10.3 Å². The molecule has 0 saturated heterocycles. The van der Waals surface area contributed by atoms with Crippen molar-refractivity contribution in [3.8, 4) is 11.5 Å². The van der Waals surface area contributed by atoms with Crippen molar-refractivity contribution in [2.45, 2.75) is 71.5 Å². The summed E-state index contributed by atoms with van der Waals surface area (Å²) >= 11 is 1.51. The van der Waals surface area contributed by atoms with Crippen molar-refractivity contribution in [3.63, 3.8) is 0 Å². The van der Waals surface area contributed by atoms with Gasteiger partial charge in [-0.1, -0.05) is 12.8 Å². The molecule has 2 saturated carbocycles. The van der Waals surface area contributed by atoms with E-state index in [9.17, 15) is 4.79 Å². The number of carbonyl (C=O) groups excluding carboxylic acids is 1. The van der Waals surface area contributed by atoms with Crippen LogP contribution in [0.25, 0.3) is 0 Å². The van der Waals surface area contributed by atoms with E-state index in [-0.39, 0.29) is 6.03 Å². The number of aromatic nitrogens is 3. The molecule has 1 N–H and O–H groups in total. The minimum absolute atomic E-state index is 0.159. The van der Waals surface area contributed by atoms with Gasteiger partial charge in [-0.15, -0.1) is 11.3 Å². The van der Waals surface area contributed by atoms with Crippen LogP contribution in [0.1, 0.15) is 60.9 Å². The Labute approximate surface area is 227 Å². The highest BCUT2D eigenvalue weighted by Gasteiger charge is 2.50. The smallest absolute Gasteiger partial charge is 0.330 e. The molecule has 38 heavy (non-hydrogen) atoms. The first-order valence-corrected chi connectivity index (χ1v) is 14.2. The Morgan fingerprint density at radius 2 is 1.87 bits per heavy atom. The number of ether oxygens (including phenoxy) is 2. The summed E-state index contributed by atoms with van der Waals surface area (Å²) in [6.07, 6.45) is 9.39. The fraction of sp³-hybridized carbons (Fsp3) is 0.500. The van der Waals surface area contributed by atoms with E-state index in [1.54, 1.807) is 29.5 Å². The first-order valence-electron chi connectivity index (χ1n) is 13.2. The molecule has 1 atom stereocenters. The number of anilines is 3. The van der Waals surface area contributed by atoms with E-state index in [1.807, 2.05) is 31.5 Å². The summed E-state index contributed by atoms with van der Waals surface area (Å²) in [5, 5.41) is 5.62. The third kappa shape index (κ3) is 4.24. The van der Waals surface area contributed by atoms with Crippen LogP contribution in [-0.4, -0.2) is 41.2 Å². The molecule has 1 spiro atoms. The summed E-state index contributed by atoms with van der Waals surface area (Å²) in [6.45, 7) is 4.62. The van der Waals surface area contributed by atoms with E-state index in [4.69, 9.17) is 19.4 Å². The van der Waals surface area contributed by atoms with Crippen molar-refractivity contribution in [2.75, 3.05) is 29.3 Å². The van der Waals surface area contributed by atoms with E-state index in [0.717, 1.165) is 34.5 Å². The number of rotatable bonds is 7. The summed E-state index contributed by atoms with van der Waals surface area (Å²) in [5.74, 6) is 2.58. The lowest BCUT2D eigenvalue weighted by molar-refractivity contribution is 0.249. The van der Waals surface area contributed by atoms with Gasteiger partial charge in [0.1, 0.15) is 17.3 Å². The Balaban J connectivity index is 1.39. The molecule has 2 amide bonds. The maximum atomic E-state index is 14.2. The predicted molar refractivity (Wildman–Crippen MR) is 148 cm³/mol. The molecule has 0 unspecified atom stereocenters. The third-order valence-corrected chi connectivity index (χ3v) is 9.10. The lowest BCUT2D eigenvalue weighted by atomic mass is 9.81. The van der Waals surface area contributed by atoms with Gasteiger partial charge in [-0.3, -0.25) is 9.80 Å². The molecule has 10 heteroatoms. The van der Waals surface area contributed by atoms with Gasteiger partial charge in [-0.05, 0) is 44.9 Å². The summed E-state index contributed by atoms with van der Waals surface area (Å²) in [4.78, 5) is 31.8. The average molecular weight is 535 g/mol. The van der Waals surface area contributed by atoms with E-state index in [0.29, 0.717) is 47.8 Å². The van der Waals surface area contributed by atoms with Crippen molar-refractivity contribution < 1.29 is 14.3 Å². The Morgan fingerprint density at radius 1 is 1.11 bits per heavy atom. The average Bonchev–Trinajstić information content (AvgIpc) is 3.49. The Hall–Kier alpha value is -3.40. The Morgan fingerprint density at radius 3 is 2.53 bits per heavy atom. The van der Waals surface area contributed by atoms with Gasteiger partial charge in [0.2, 0.25) is 5.95 Å². The normalized spacial score (nSPS) is 19.9. The zero-order valence-electron chi connectivity index (χ0n) is 22.4. The third-order valence-electron chi connectivity index (χ3n) is 8.46. The van der Waals surface area contributed by atoms with Crippen LogP contribution in [0.5, 0.6) is 11.5 Å². The molecule has 3 aromatic rings. The van der Waals surface area contributed by atoms with Crippen molar-refractivity contribution >= 4 is 34.8 Å². The second-order valence-electron chi connectivity index (χ2n) is 10.7. The van der Waals surface area contributed by atoms with Gasteiger partial charge >= 0.3 is 6.03 Å². The monoisotopic (exact) mass is 534 g/mol. The van der Waals surface area contributed by atoms with Crippen LogP contribution in [0, 0.1) is 19.3 Å². The number of thiazole rings is 1. The second kappa shape index (κ2) is 9.72. The zero-order chi connectivity index (χ0) is 26.4. The zero-order valence-corrected chi connectivity index (χ0v) is 23.2. The maximum Gasteiger partial charge on any atom is 0.330 e. The van der Waals surface area contributed by atoms with Gasteiger partial charge < -0.3 is 14.8 Å². The molecule has 0 radical (unpaired) electrons. The molecule has 1 aliphatic heterocycles. The number of hydrogen-bond donors (Lipinski definition) is 1. The van der Waals surface area contributed by atoms with Gasteiger partial charge in [0.05, 0.1) is 44.2 Å². The van der Waals surface area contributed by atoms with Crippen LogP contribution in [0.15, 0.2) is 23.2 Å². The number of methoxy groups -OCH3 is 2. The van der Waals surface area contributed by atoms with Gasteiger partial charge in [0.15, 0.2) is 0 Å². The van der Waals surface area contributed by atoms with E-state index in [1.165, 1.54) is 43.4 Å². The quantitative estimate of drug-likeness (QED) is 0.407. The standard InChI is InChI=1S/C28H34N6O3S/c1-17-21(36-3)11-22(37-4)18(2)24(17)33-13-19-12-29-26(31-23-7-5-6-8-28(23)9-10-28)32-25(19)34(27(33)35)14-20-15-38-16-30-20/h11-12,15-16,23H,5-10,13-14H2,1-4H3,(H,29,31,32)/t23-/m1/s1. The number of nitrogens with one attached hydrogen (secondary N) is 1. The number of amides is 2. The van der Waals surface area contributed by atoms with Crippen LogP contribution < -0.4 is 24.6 Å². The number of urea groups is 1. The fourth-order valence-electron chi connectivity index (χ4n) is 6.21. The van der Waals surface area contributed by atoms with Crippen LogP contribution in [0.3, 0.4) is 0 Å². The highest BCUT2D eigenvalue weighted by Crippen LogP contribution is 2.56. The molecule has 200 valence electrons. The first kappa shape index (κ1) is 24.9. The predicted octanol–water partition coefficient (Wildman–Crippen LogP) is 5.85. The molecule has 2 aromatic heterocycles. The largest absolute Gasteiger partial charge is 0.496 e. The SMILES string of the molecule is COc1cc(OC)c(C)c(N2Cc3cnc(N[C@@H]4CCCCC45CC5)nc3N(Cc3cscn3)C2=O)c1C. The van der Waals surface area contributed by atoms with Crippen LogP contribution in [0.4, 0.5) is 22.2 Å². The lowest BCUT2D eigenvalue weighted by Crippen LogP contribution is -2.48. The van der Waals surface area contributed by atoms with Crippen LogP contribution in [0.2, 0.25) is 0 Å². The van der Waals surface area contributed by atoms with Gasteiger partial charge in [-0.2, -0.15) is 4.98 Å². The van der Waals surface area contributed by atoms with Crippen molar-refractivity contribution in [1.29, 1.82) is 0 Å². The molecular formula is C28H34N6O3S. The molecule has 1 aromatic carbocycles. The number of nitrogens with zero attached hydrogens (tertiary/aromatic N) is 5. The van der Waals surface area contributed by atoms with E-state index >= 15 is 0 Å². The minimum atomic E-state index is -0.159. The molecule has 6 rings (SSSR count). The molecule has 0 bridgehead atoms. The number of hydrogen-bond acceptors (Lipinski definition) is 8. The van der Waals surface area contributed by atoms with Crippen molar-refractivity contribution in [2.24, 2.45) is 5.41 Å². The molecule has 2 fully saturated rings. The topological polar surface area (TPSA) is 92.7 Å². The van der Waals surface area contributed by atoms with Crippen LogP contribution >= 0.6 is 11.3 Å². The summed E-state index contributed by atoms with van der Waals surface area (Å²) < 4.78 is 11.3. The maximum absolute atomic E-state index is 14.2. The number of benzene rings is 1. The van der Waals surface area contributed by atoms with E-state index < -0.39 is 0 Å².